The Bertz CT molecular complexity index is 527. The molecule has 0 amide bonds. The van der Waals surface area contributed by atoms with Crippen molar-refractivity contribution in [3.8, 4) is 0 Å². The third-order valence-corrected chi connectivity index (χ3v) is 4.14. The van der Waals surface area contributed by atoms with Crippen LogP contribution in [0.1, 0.15) is 12.1 Å². The van der Waals surface area contributed by atoms with E-state index in [0.717, 1.165) is 23.5 Å². The van der Waals surface area contributed by atoms with Crippen LogP contribution in [-0.4, -0.2) is 21.6 Å². The molecule has 1 aromatic carbocycles. The van der Waals surface area contributed by atoms with Gasteiger partial charge in [-0.05, 0) is 37.1 Å². The van der Waals surface area contributed by atoms with E-state index in [1.807, 2.05) is 23.9 Å². The maximum Gasteiger partial charge on any atom is 0.124 e. The number of rotatable bonds is 6. The van der Waals surface area contributed by atoms with E-state index < -0.39 is 0 Å². The van der Waals surface area contributed by atoms with Crippen LogP contribution in [-0.2, 0) is 13.5 Å². The van der Waals surface area contributed by atoms with Gasteiger partial charge in [0.25, 0.3) is 0 Å². The summed E-state index contributed by atoms with van der Waals surface area (Å²) in [5, 5.41) is 4.13. The molecular weight excluding hydrogens is 261 g/mol. The van der Waals surface area contributed by atoms with Gasteiger partial charge in [-0.1, -0.05) is 6.07 Å². The van der Waals surface area contributed by atoms with E-state index in [9.17, 15) is 4.39 Å². The number of halogens is 1. The molecule has 1 unspecified atom stereocenters. The summed E-state index contributed by atoms with van der Waals surface area (Å²) in [5.41, 5.74) is 7.27. The van der Waals surface area contributed by atoms with Crippen LogP contribution in [0.25, 0.3) is 0 Å². The highest BCUT2D eigenvalue weighted by Gasteiger charge is 2.06. The largest absolute Gasteiger partial charge is 0.327 e. The number of benzene rings is 1. The molecule has 19 heavy (non-hydrogen) atoms. The van der Waals surface area contributed by atoms with Crippen LogP contribution in [0, 0.1) is 5.82 Å². The van der Waals surface area contributed by atoms with E-state index in [1.165, 1.54) is 11.8 Å². The SMILES string of the molecule is Cn1nccc1CCC(N)CSc1cccc(F)c1. The summed E-state index contributed by atoms with van der Waals surface area (Å²) in [4.78, 5) is 0.927. The van der Waals surface area contributed by atoms with Crippen LogP contribution in [0.2, 0.25) is 0 Å². The summed E-state index contributed by atoms with van der Waals surface area (Å²) < 4.78 is 14.9. The highest BCUT2D eigenvalue weighted by Crippen LogP contribution is 2.20. The zero-order valence-corrected chi connectivity index (χ0v) is 11.7. The fourth-order valence-electron chi connectivity index (χ4n) is 1.82. The molecule has 0 fully saturated rings. The maximum atomic E-state index is 13.0. The molecule has 0 radical (unpaired) electrons. The van der Waals surface area contributed by atoms with Gasteiger partial charge in [0, 0.05) is 35.6 Å². The lowest BCUT2D eigenvalue weighted by molar-refractivity contribution is 0.623. The van der Waals surface area contributed by atoms with Crippen LogP contribution in [0.4, 0.5) is 4.39 Å². The summed E-state index contributed by atoms with van der Waals surface area (Å²) in [6, 6.07) is 8.72. The summed E-state index contributed by atoms with van der Waals surface area (Å²) in [5.74, 6) is 0.592. The zero-order valence-electron chi connectivity index (χ0n) is 10.9. The van der Waals surface area contributed by atoms with Gasteiger partial charge in [0.2, 0.25) is 0 Å². The molecule has 1 aromatic heterocycles. The lowest BCUT2D eigenvalue weighted by Crippen LogP contribution is -2.23. The van der Waals surface area contributed by atoms with Crippen LogP contribution in [0.5, 0.6) is 0 Å². The van der Waals surface area contributed by atoms with Crippen LogP contribution < -0.4 is 5.73 Å². The van der Waals surface area contributed by atoms with Crippen molar-refractivity contribution in [1.82, 2.24) is 9.78 Å². The molecule has 0 saturated carbocycles. The number of aromatic nitrogens is 2. The smallest absolute Gasteiger partial charge is 0.124 e. The second-order valence-corrected chi connectivity index (χ2v) is 5.61. The van der Waals surface area contributed by atoms with E-state index in [1.54, 1.807) is 30.1 Å². The fourth-order valence-corrected chi connectivity index (χ4v) is 2.77. The molecule has 1 heterocycles. The number of hydrogen-bond donors (Lipinski definition) is 1. The van der Waals surface area contributed by atoms with Crippen LogP contribution in [0.15, 0.2) is 41.4 Å². The summed E-state index contributed by atoms with van der Waals surface area (Å²) >= 11 is 1.60. The highest BCUT2D eigenvalue weighted by atomic mass is 32.2. The molecule has 102 valence electrons. The van der Waals surface area contributed by atoms with Gasteiger partial charge in [0.05, 0.1) is 0 Å². The van der Waals surface area contributed by atoms with E-state index in [0.29, 0.717) is 0 Å². The number of nitrogens with two attached hydrogens (primary N) is 1. The maximum absolute atomic E-state index is 13.0. The lowest BCUT2D eigenvalue weighted by Gasteiger charge is -2.11. The quantitative estimate of drug-likeness (QED) is 0.827. The molecule has 0 saturated heterocycles. The molecule has 0 aliphatic carbocycles. The molecule has 2 rings (SSSR count). The Balaban J connectivity index is 1.76. The number of thioether (sulfide) groups is 1. The Labute approximate surface area is 117 Å². The van der Waals surface area contributed by atoms with Crippen molar-refractivity contribution in [2.45, 2.75) is 23.8 Å². The van der Waals surface area contributed by atoms with Crippen molar-refractivity contribution in [2.24, 2.45) is 12.8 Å². The molecule has 5 heteroatoms. The summed E-state index contributed by atoms with van der Waals surface area (Å²) in [7, 11) is 1.93. The monoisotopic (exact) mass is 279 g/mol. The van der Waals surface area contributed by atoms with Crippen molar-refractivity contribution in [1.29, 1.82) is 0 Å². The highest BCUT2D eigenvalue weighted by molar-refractivity contribution is 7.99. The first-order chi connectivity index (χ1) is 9.15. The first-order valence-corrected chi connectivity index (χ1v) is 7.24. The minimum absolute atomic E-state index is 0.100. The van der Waals surface area contributed by atoms with Gasteiger partial charge in [-0.3, -0.25) is 4.68 Å². The van der Waals surface area contributed by atoms with E-state index in [2.05, 4.69) is 5.10 Å². The Kier molecular flexibility index (Phi) is 4.99. The number of nitrogens with zero attached hydrogens (tertiary/aromatic N) is 2. The van der Waals surface area contributed by atoms with Crippen molar-refractivity contribution < 1.29 is 4.39 Å². The van der Waals surface area contributed by atoms with Crippen molar-refractivity contribution in [3.63, 3.8) is 0 Å². The topological polar surface area (TPSA) is 43.8 Å². The Morgan fingerprint density at radius 2 is 2.26 bits per heavy atom. The lowest BCUT2D eigenvalue weighted by atomic mass is 10.1. The van der Waals surface area contributed by atoms with Crippen LogP contribution in [0.3, 0.4) is 0 Å². The van der Waals surface area contributed by atoms with Crippen molar-refractivity contribution in [3.05, 3.63) is 48.0 Å². The normalized spacial score (nSPS) is 12.6. The van der Waals surface area contributed by atoms with Gasteiger partial charge >= 0.3 is 0 Å². The van der Waals surface area contributed by atoms with E-state index in [-0.39, 0.29) is 11.9 Å². The fraction of sp³-hybridized carbons (Fsp3) is 0.357. The standard InChI is InChI=1S/C14H18FN3S/c1-18-13(7-8-17-18)6-5-12(16)10-19-14-4-2-3-11(15)9-14/h2-4,7-9,12H,5-6,10,16H2,1H3. The second kappa shape index (κ2) is 6.73. The molecule has 1 atom stereocenters. The third-order valence-electron chi connectivity index (χ3n) is 2.95. The minimum Gasteiger partial charge on any atom is -0.327 e. The molecule has 0 spiro atoms. The molecule has 2 aromatic rings. The van der Waals surface area contributed by atoms with E-state index in [4.69, 9.17) is 5.73 Å². The molecule has 3 nitrogen and oxygen atoms in total. The Morgan fingerprint density at radius 1 is 1.42 bits per heavy atom. The van der Waals surface area contributed by atoms with Gasteiger partial charge in [0.1, 0.15) is 5.82 Å². The zero-order chi connectivity index (χ0) is 13.7. The second-order valence-electron chi connectivity index (χ2n) is 4.51. The third kappa shape index (κ3) is 4.36. The number of hydrogen-bond acceptors (Lipinski definition) is 3. The first kappa shape index (κ1) is 14.1. The predicted molar refractivity (Wildman–Crippen MR) is 76.6 cm³/mol. The van der Waals surface area contributed by atoms with Gasteiger partial charge in [-0.25, -0.2) is 4.39 Å². The summed E-state index contributed by atoms with van der Waals surface area (Å²) in [6.07, 6.45) is 3.62. The number of aryl methyl sites for hydroxylation is 2. The minimum atomic E-state index is -0.201. The van der Waals surface area contributed by atoms with Crippen LogP contribution >= 0.6 is 11.8 Å². The molecule has 0 bridgehead atoms. The van der Waals surface area contributed by atoms with Gasteiger partial charge in [-0.2, -0.15) is 5.10 Å². The van der Waals surface area contributed by atoms with Gasteiger partial charge in [0.15, 0.2) is 0 Å². The molecule has 0 aliphatic rings. The van der Waals surface area contributed by atoms with Crippen molar-refractivity contribution >= 4 is 11.8 Å². The Hall–Kier alpha value is -1.33. The molecule has 2 N–H and O–H groups in total. The predicted octanol–water partition coefficient (Wildman–Crippen LogP) is 2.61. The van der Waals surface area contributed by atoms with Gasteiger partial charge in [-0.15, -0.1) is 11.8 Å². The van der Waals surface area contributed by atoms with Crippen molar-refractivity contribution in [2.75, 3.05) is 5.75 Å². The average Bonchev–Trinajstić information content (AvgIpc) is 2.80. The first-order valence-electron chi connectivity index (χ1n) is 6.26. The van der Waals surface area contributed by atoms with Gasteiger partial charge < -0.3 is 5.73 Å². The summed E-state index contributed by atoms with van der Waals surface area (Å²) in [6.45, 7) is 0. The molecule has 0 aliphatic heterocycles. The Morgan fingerprint density at radius 3 is 2.95 bits per heavy atom. The molecular formula is C14H18FN3S. The average molecular weight is 279 g/mol. The van der Waals surface area contributed by atoms with E-state index >= 15 is 0 Å².